The molecule has 1 aromatic heterocycles. The van der Waals surface area contributed by atoms with Crippen LogP contribution in [0.25, 0.3) is 16.7 Å². The van der Waals surface area contributed by atoms with E-state index in [-0.39, 0.29) is 5.91 Å². The molecular formula is C23H22N4O2. The first kappa shape index (κ1) is 18.7. The molecule has 0 unspecified atom stereocenters. The molecule has 0 radical (unpaired) electrons. The van der Waals surface area contributed by atoms with Gasteiger partial charge in [0.25, 0.3) is 0 Å². The number of ether oxygens (including phenoxy) is 1. The van der Waals surface area contributed by atoms with Crippen molar-refractivity contribution >= 4 is 22.6 Å². The normalized spacial score (nSPS) is 10.8. The van der Waals surface area contributed by atoms with Crippen LogP contribution >= 0.6 is 0 Å². The molecule has 0 aliphatic carbocycles. The lowest BCUT2D eigenvalue weighted by atomic mass is 10.1. The fourth-order valence-electron chi connectivity index (χ4n) is 3.14. The Kier molecular flexibility index (Phi) is 5.24. The molecule has 146 valence electrons. The van der Waals surface area contributed by atoms with Crippen LogP contribution in [-0.4, -0.2) is 27.5 Å². The topological polar surface area (TPSA) is 69.0 Å². The van der Waals surface area contributed by atoms with Gasteiger partial charge in [-0.1, -0.05) is 30.3 Å². The average Bonchev–Trinajstić information content (AvgIpc) is 3.12. The number of nitrogens with one attached hydrogen (secondary N) is 1. The Bertz CT molecular complexity index is 1130. The van der Waals surface area contributed by atoms with E-state index in [1.54, 1.807) is 4.80 Å². The Morgan fingerprint density at radius 3 is 2.38 bits per heavy atom. The summed E-state index contributed by atoms with van der Waals surface area (Å²) in [6.07, 6.45) is 0.331. The second-order valence-electron chi connectivity index (χ2n) is 6.78. The van der Waals surface area contributed by atoms with E-state index in [1.165, 1.54) is 0 Å². The zero-order chi connectivity index (χ0) is 20.2. The molecule has 4 aromatic rings. The summed E-state index contributed by atoms with van der Waals surface area (Å²) in [5.74, 6) is 0.754. The third kappa shape index (κ3) is 4.27. The number of carbonyl (C=O) groups excluding carboxylic acids is 1. The van der Waals surface area contributed by atoms with Gasteiger partial charge < -0.3 is 10.1 Å². The smallest absolute Gasteiger partial charge is 0.228 e. The summed E-state index contributed by atoms with van der Waals surface area (Å²) in [6, 6.07) is 21.1. The largest absolute Gasteiger partial charge is 0.494 e. The van der Waals surface area contributed by atoms with Crippen molar-refractivity contribution in [2.45, 2.75) is 20.3 Å². The van der Waals surface area contributed by atoms with Crippen molar-refractivity contribution in [3.8, 4) is 11.4 Å². The number of aryl methyl sites for hydroxylation is 1. The number of benzene rings is 3. The molecule has 0 atom stereocenters. The zero-order valence-corrected chi connectivity index (χ0v) is 16.4. The lowest BCUT2D eigenvalue weighted by Crippen LogP contribution is -2.15. The molecule has 0 spiro atoms. The maximum Gasteiger partial charge on any atom is 0.228 e. The molecule has 0 saturated carbocycles. The molecular weight excluding hydrogens is 364 g/mol. The average molecular weight is 386 g/mol. The number of carbonyl (C=O) groups is 1. The maximum absolute atomic E-state index is 12.4. The van der Waals surface area contributed by atoms with Crippen molar-refractivity contribution < 1.29 is 9.53 Å². The molecule has 0 bridgehead atoms. The predicted molar refractivity (Wildman–Crippen MR) is 114 cm³/mol. The van der Waals surface area contributed by atoms with E-state index in [0.717, 1.165) is 39.3 Å². The van der Waals surface area contributed by atoms with Gasteiger partial charge in [0.15, 0.2) is 0 Å². The van der Waals surface area contributed by atoms with E-state index in [4.69, 9.17) is 4.74 Å². The first-order valence-electron chi connectivity index (χ1n) is 9.57. The van der Waals surface area contributed by atoms with Crippen LogP contribution in [0.2, 0.25) is 0 Å². The molecule has 4 rings (SSSR count). The van der Waals surface area contributed by atoms with Crippen molar-refractivity contribution in [1.29, 1.82) is 0 Å². The van der Waals surface area contributed by atoms with Gasteiger partial charge in [0.1, 0.15) is 16.8 Å². The van der Waals surface area contributed by atoms with E-state index in [2.05, 4.69) is 15.5 Å². The monoisotopic (exact) mass is 386 g/mol. The van der Waals surface area contributed by atoms with Crippen LogP contribution in [0, 0.1) is 6.92 Å². The van der Waals surface area contributed by atoms with Crippen LogP contribution in [-0.2, 0) is 11.2 Å². The van der Waals surface area contributed by atoms with Crippen molar-refractivity contribution in [2.24, 2.45) is 0 Å². The highest BCUT2D eigenvalue weighted by Gasteiger charge is 2.11. The van der Waals surface area contributed by atoms with Gasteiger partial charge in [0.05, 0.1) is 18.7 Å². The highest BCUT2D eigenvalue weighted by Crippen LogP contribution is 2.23. The second-order valence-corrected chi connectivity index (χ2v) is 6.78. The fourth-order valence-corrected chi connectivity index (χ4v) is 3.14. The summed E-state index contributed by atoms with van der Waals surface area (Å²) in [7, 11) is 0. The van der Waals surface area contributed by atoms with Gasteiger partial charge in [-0.05, 0) is 61.4 Å². The minimum absolute atomic E-state index is 0.0578. The Morgan fingerprint density at radius 1 is 1.00 bits per heavy atom. The molecule has 1 heterocycles. The minimum Gasteiger partial charge on any atom is -0.494 e. The van der Waals surface area contributed by atoms with Gasteiger partial charge in [-0.25, -0.2) is 0 Å². The lowest BCUT2D eigenvalue weighted by Gasteiger charge is -2.08. The van der Waals surface area contributed by atoms with Crippen molar-refractivity contribution in [3.05, 3.63) is 77.9 Å². The van der Waals surface area contributed by atoms with Gasteiger partial charge in [0.2, 0.25) is 5.91 Å². The number of amides is 1. The van der Waals surface area contributed by atoms with Gasteiger partial charge in [-0.2, -0.15) is 4.80 Å². The van der Waals surface area contributed by atoms with Crippen molar-refractivity contribution in [3.63, 3.8) is 0 Å². The van der Waals surface area contributed by atoms with Crippen molar-refractivity contribution in [2.75, 3.05) is 11.9 Å². The molecule has 1 amide bonds. The number of aromatic nitrogens is 3. The lowest BCUT2D eigenvalue weighted by molar-refractivity contribution is -0.115. The summed E-state index contributed by atoms with van der Waals surface area (Å²) in [5, 5.41) is 12.1. The van der Waals surface area contributed by atoms with Crippen LogP contribution in [0.4, 0.5) is 5.69 Å². The predicted octanol–water partition coefficient (Wildman–Crippen LogP) is 4.31. The van der Waals surface area contributed by atoms with Crippen LogP contribution < -0.4 is 10.1 Å². The summed E-state index contributed by atoms with van der Waals surface area (Å²) in [6.45, 7) is 4.53. The maximum atomic E-state index is 12.4. The van der Waals surface area contributed by atoms with E-state index in [1.807, 2.05) is 80.6 Å². The fraction of sp³-hybridized carbons (Fsp3) is 0.174. The number of fused-ring (bicyclic) bond motifs is 1. The van der Waals surface area contributed by atoms with Gasteiger partial charge >= 0.3 is 0 Å². The third-order valence-corrected chi connectivity index (χ3v) is 4.59. The van der Waals surface area contributed by atoms with Crippen LogP contribution in [0.15, 0.2) is 66.7 Å². The van der Waals surface area contributed by atoms with E-state index in [0.29, 0.717) is 13.0 Å². The molecule has 29 heavy (non-hydrogen) atoms. The highest BCUT2D eigenvalue weighted by atomic mass is 16.5. The van der Waals surface area contributed by atoms with Crippen molar-refractivity contribution in [1.82, 2.24) is 15.0 Å². The first-order chi connectivity index (χ1) is 14.1. The van der Waals surface area contributed by atoms with Crippen LogP contribution in [0.3, 0.4) is 0 Å². The Labute approximate surface area is 169 Å². The Balaban J connectivity index is 1.55. The number of hydrogen-bond acceptors (Lipinski definition) is 4. The summed E-state index contributed by atoms with van der Waals surface area (Å²) in [5.41, 5.74) is 5.01. The first-order valence-corrected chi connectivity index (χ1v) is 9.57. The van der Waals surface area contributed by atoms with Crippen LogP contribution in [0.5, 0.6) is 5.75 Å². The Morgan fingerprint density at radius 2 is 1.69 bits per heavy atom. The molecule has 6 nitrogen and oxygen atoms in total. The van der Waals surface area contributed by atoms with Crippen LogP contribution in [0.1, 0.15) is 18.1 Å². The quantitative estimate of drug-likeness (QED) is 0.536. The zero-order valence-electron chi connectivity index (χ0n) is 16.4. The molecule has 1 N–H and O–H groups in total. The number of hydrogen-bond donors (Lipinski definition) is 1. The molecule has 6 heteroatoms. The number of anilines is 1. The van der Waals surface area contributed by atoms with Gasteiger partial charge in [-0.3, -0.25) is 4.79 Å². The highest BCUT2D eigenvalue weighted by molar-refractivity contribution is 5.95. The van der Waals surface area contributed by atoms with Gasteiger partial charge in [0, 0.05) is 5.69 Å². The molecule has 0 aliphatic rings. The third-order valence-electron chi connectivity index (χ3n) is 4.59. The molecule has 0 fully saturated rings. The summed E-state index contributed by atoms with van der Waals surface area (Å²) >= 11 is 0. The van der Waals surface area contributed by atoms with E-state index >= 15 is 0 Å². The molecule has 3 aromatic carbocycles. The SMILES string of the molecule is CCOc1ccc(-n2nc3cc(C)c(NC(=O)Cc4ccccc4)cc3n2)cc1. The minimum atomic E-state index is -0.0578. The molecule has 0 aliphatic heterocycles. The summed E-state index contributed by atoms with van der Waals surface area (Å²) in [4.78, 5) is 14.0. The number of nitrogens with zero attached hydrogens (tertiary/aromatic N) is 3. The second kappa shape index (κ2) is 8.14. The van der Waals surface area contributed by atoms with E-state index in [9.17, 15) is 4.79 Å². The van der Waals surface area contributed by atoms with E-state index < -0.39 is 0 Å². The standard InChI is InChI=1S/C23H22N4O2/c1-3-29-19-11-9-18(10-12-19)27-25-21-13-16(2)20(15-22(21)26-27)24-23(28)14-17-7-5-4-6-8-17/h4-13,15H,3,14H2,1-2H3,(H,24,28). The van der Waals surface area contributed by atoms with Gasteiger partial charge in [-0.15, -0.1) is 10.2 Å². The number of rotatable bonds is 6. The molecule has 0 saturated heterocycles. The summed E-state index contributed by atoms with van der Waals surface area (Å²) < 4.78 is 5.48. The Hall–Kier alpha value is -3.67.